The Kier molecular flexibility index (Phi) is 3.30. The van der Waals surface area contributed by atoms with Gasteiger partial charge < -0.3 is 10.4 Å². The minimum Gasteiger partial charge on any atom is -0.480 e. The van der Waals surface area contributed by atoms with Crippen LogP contribution in [0.3, 0.4) is 0 Å². The molecule has 0 spiro atoms. The first-order chi connectivity index (χ1) is 8.84. The molecule has 4 nitrogen and oxygen atoms in total. The lowest BCUT2D eigenvalue weighted by Gasteiger charge is -2.26. The lowest BCUT2D eigenvalue weighted by Crippen LogP contribution is -2.54. The number of hydrogen-bond donors (Lipinski definition) is 2. The van der Waals surface area contributed by atoms with Crippen LogP contribution in [0.5, 0.6) is 0 Å². The third-order valence-corrected chi connectivity index (χ3v) is 3.58. The van der Waals surface area contributed by atoms with Crippen molar-refractivity contribution in [1.82, 2.24) is 5.32 Å². The monoisotopic (exact) mass is 265 g/mol. The number of nitrogens with one attached hydrogen (secondary N) is 1. The number of hydrogen-bond acceptors (Lipinski definition) is 2. The van der Waals surface area contributed by atoms with Gasteiger partial charge in [-0.25, -0.2) is 9.18 Å². The highest BCUT2D eigenvalue weighted by Crippen LogP contribution is 2.39. The zero-order valence-electron chi connectivity index (χ0n) is 10.9. The fraction of sp³-hybridized carbons (Fsp3) is 0.429. The zero-order valence-corrected chi connectivity index (χ0v) is 10.9. The van der Waals surface area contributed by atoms with E-state index in [1.54, 1.807) is 13.0 Å². The van der Waals surface area contributed by atoms with Crippen LogP contribution in [-0.4, -0.2) is 22.5 Å². The molecule has 1 atom stereocenters. The minimum absolute atomic E-state index is 0.0816. The maximum absolute atomic E-state index is 13.6. The summed E-state index contributed by atoms with van der Waals surface area (Å²) < 4.78 is 13.6. The van der Waals surface area contributed by atoms with Gasteiger partial charge in [-0.15, -0.1) is 0 Å². The van der Waals surface area contributed by atoms with Crippen molar-refractivity contribution in [3.05, 3.63) is 35.1 Å². The standard InChI is InChI=1S/C14H16FNO3/c1-8-3-6-11(15)10(7-8)12(17)16-14(2,13(18)19)9-4-5-9/h3,6-7,9H,4-5H2,1-2H3,(H,16,17)(H,18,19). The molecular formula is C14H16FNO3. The summed E-state index contributed by atoms with van der Waals surface area (Å²) in [6.07, 6.45) is 1.53. The molecule has 0 heterocycles. The number of carbonyl (C=O) groups is 2. The van der Waals surface area contributed by atoms with Crippen LogP contribution in [0.1, 0.15) is 35.7 Å². The molecular weight excluding hydrogens is 249 g/mol. The Labute approximate surface area is 110 Å². The van der Waals surface area contributed by atoms with Crippen LogP contribution in [0.15, 0.2) is 18.2 Å². The second-order valence-electron chi connectivity index (χ2n) is 5.22. The maximum Gasteiger partial charge on any atom is 0.329 e. The molecule has 1 aliphatic rings. The summed E-state index contributed by atoms with van der Waals surface area (Å²) in [5.74, 6) is -2.50. The third kappa shape index (κ3) is 2.59. The van der Waals surface area contributed by atoms with E-state index in [0.717, 1.165) is 18.4 Å². The number of carboxylic acid groups (broad SMARTS) is 1. The SMILES string of the molecule is Cc1ccc(F)c(C(=O)NC(C)(C(=O)O)C2CC2)c1. The van der Waals surface area contributed by atoms with Crippen molar-refractivity contribution in [2.24, 2.45) is 5.92 Å². The van der Waals surface area contributed by atoms with Gasteiger partial charge in [-0.3, -0.25) is 4.79 Å². The molecule has 2 N–H and O–H groups in total. The molecule has 1 aromatic carbocycles. The van der Waals surface area contributed by atoms with Gasteiger partial charge in [0.05, 0.1) is 5.56 Å². The Hall–Kier alpha value is -1.91. The number of carbonyl (C=O) groups excluding carboxylic acids is 1. The first-order valence-electron chi connectivity index (χ1n) is 6.16. The summed E-state index contributed by atoms with van der Waals surface area (Å²) in [5, 5.41) is 11.7. The maximum atomic E-state index is 13.6. The molecule has 0 saturated heterocycles. The van der Waals surface area contributed by atoms with Crippen molar-refractivity contribution in [1.29, 1.82) is 0 Å². The summed E-state index contributed by atoms with van der Waals surface area (Å²) in [4.78, 5) is 23.4. The van der Waals surface area contributed by atoms with Crippen molar-refractivity contribution in [3.63, 3.8) is 0 Å². The van der Waals surface area contributed by atoms with E-state index in [9.17, 15) is 19.1 Å². The van der Waals surface area contributed by atoms with Gasteiger partial charge in [0, 0.05) is 0 Å². The molecule has 1 saturated carbocycles. The summed E-state index contributed by atoms with van der Waals surface area (Å²) in [6, 6.07) is 4.18. The van der Waals surface area contributed by atoms with Crippen LogP contribution in [-0.2, 0) is 4.79 Å². The van der Waals surface area contributed by atoms with Crippen molar-refractivity contribution in [3.8, 4) is 0 Å². The van der Waals surface area contributed by atoms with Crippen molar-refractivity contribution in [2.75, 3.05) is 0 Å². The number of benzene rings is 1. The first-order valence-corrected chi connectivity index (χ1v) is 6.16. The largest absolute Gasteiger partial charge is 0.480 e. The Balaban J connectivity index is 2.25. The smallest absolute Gasteiger partial charge is 0.329 e. The highest BCUT2D eigenvalue weighted by molar-refractivity contribution is 5.98. The quantitative estimate of drug-likeness (QED) is 0.876. The summed E-state index contributed by atoms with van der Waals surface area (Å²) in [5.41, 5.74) is -0.698. The van der Waals surface area contributed by atoms with E-state index < -0.39 is 23.2 Å². The zero-order chi connectivity index (χ0) is 14.2. The molecule has 2 rings (SSSR count). The van der Waals surface area contributed by atoms with Gasteiger partial charge in [-0.05, 0) is 44.7 Å². The van der Waals surface area contributed by atoms with E-state index >= 15 is 0 Å². The number of aliphatic carboxylic acids is 1. The molecule has 0 aliphatic heterocycles. The van der Waals surface area contributed by atoms with E-state index in [4.69, 9.17) is 0 Å². The molecule has 1 aliphatic carbocycles. The lowest BCUT2D eigenvalue weighted by atomic mass is 9.95. The Morgan fingerprint density at radius 1 is 1.42 bits per heavy atom. The van der Waals surface area contributed by atoms with Gasteiger partial charge >= 0.3 is 5.97 Å². The van der Waals surface area contributed by atoms with Gasteiger partial charge in [0.2, 0.25) is 0 Å². The van der Waals surface area contributed by atoms with Gasteiger partial charge in [-0.2, -0.15) is 0 Å². The molecule has 0 bridgehead atoms. The molecule has 19 heavy (non-hydrogen) atoms. The van der Waals surface area contributed by atoms with Gasteiger partial charge in [0.25, 0.3) is 5.91 Å². The van der Waals surface area contributed by atoms with E-state index in [1.165, 1.54) is 19.1 Å². The third-order valence-electron chi connectivity index (χ3n) is 3.58. The number of aryl methyl sites for hydroxylation is 1. The van der Waals surface area contributed by atoms with E-state index in [2.05, 4.69) is 5.32 Å². The second kappa shape index (κ2) is 4.64. The number of carboxylic acids is 1. The molecule has 0 aromatic heterocycles. The first kappa shape index (κ1) is 13.5. The van der Waals surface area contributed by atoms with Crippen molar-refractivity contribution < 1.29 is 19.1 Å². The van der Waals surface area contributed by atoms with Crippen LogP contribution in [0.4, 0.5) is 4.39 Å². The van der Waals surface area contributed by atoms with Crippen molar-refractivity contribution >= 4 is 11.9 Å². The topological polar surface area (TPSA) is 66.4 Å². The molecule has 5 heteroatoms. The fourth-order valence-electron chi connectivity index (χ4n) is 2.11. The van der Waals surface area contributed by atoms with E-state index in [0.29, 0.717) is 0 Å². The average molecular weight is 265 g/mol. The summed E-state index contributed by atoms with van der Waals surface area (Å²) >= 11 is 0. The molecule has 0 radical (unpaired) electrons. The predicted octanol–water partition coefficient (Wildman–Crippen LogP) is 2.12. The van der Waals surface area contributed by atoms with Crippen LogP contribution in [0.25, 0.3) is 0 Å². The second-order valence-corrected chi connectivity index (χ2v) is 5.22. The molecule has 1 amide bonds. The fourth-order valence-corrected chi connectivity index (χ4v) is 2.11. The minimum atomic E-state index is -1.33. The molecule has 1 fully saturated rings. The number of halogens is 1. The predicted molar refractivity (Wildman–Crippen MR) is 67.4 cm³/mol. The Bertz CT molecular complexity index is 539. The van der Waals surface area contributed by atoms with Gasteiger partial charge in [-0.1, -0.05) is 11.6 Å². The Morgan fingerprint density at radius 2 is 2.05 bits per heavy atom. The molecule has 102 valence electrons. The van der Waals surface area contributed by atoms with E-state index in [-0.39, 0.29) is 11.5 Å². The molecule has 1 unspecified atom stereocenters. The summed E-state index contributed by atoms with van der Waals surface area (Å²) in [6.45, 7) is 3.21. The van der Waals surface area contributed by atoms with Gasteiger partial charge in [0.15, 0.2) is 0 Å². The van der Waals surface area contributed by atoms with E-state index in [1.807, 2.05) is 0 Å². The van der Waals surface area contributed by atoms with Crippen LogP contribution < -0.4 is 5.32 Å². The number of rotatable bonds is 4. The Morgan fingerprint density at radius 3 is 2.58 bits per heavy atom. The summed E-state index contributed by atoms with van der Waals surface area (Å²) in [7, 11) is 0. The van der Waals surface area contributed by atoms with Crippen LogP contribution in [0, 0.1) is 18.7 Å². The van der Waals surface area contributed by atoms with Crippen LogP contribution >= 0.6 is 0 Å². The number of amides is 1. The highest BCUT2D eigenvalue weighted by atomic mass is 19.1. The average Bonchev–Trinajstić information content (AvgIpc) is 3.16. The van der Waals surface area contributed by atoms with Crippen molar-refractivity contribution in [2.45, 2.75) is 32.2 Å². The van der Waals surface area contributed by atoms with Crippen LogP contribution in [0.2, 0.25) is 0 Å². The molecule has 1 aromatic rings. The highest BCUT2D eigenvalue weighted by Gasteiger charge is 2.48. The van der Waals surface area contributed by atoms with Gasteiger partial charge in [0.1, 0.15) is 11.4 Å². The normalized spacial score (nSPS) is 17.6. The lowest BCUT2D eigenvalue weighted by molar-refractivity contribution is -0.144.